The maximum absolute atomic E-state index is 4.91. The zero-order valence-corrected chi connectivity index (χ0v) is 9.22. The van der Waals surface area contributed by atoms with Gasteiger partial charge in [0.1, 0.15) is 5.76 Å². The maximum Gasteiger partial charge on any atom is 0.114 e. The molecule has 0 radical (unpaired) electrons. The van der Waals surface area contributed by atoms with Crippen LogP contribution in [0.1, 0.15) is 34.6 Å². The summed E-state index contributed by atoms with van der Waals surface area (Å²) in [6, 6.07) is 0. The Balaban J connectivity index is 0. The lowest BCUT2D eigenvalue weighted by molar-refractivity contribution is 0.306. The predicted octanol–water partition coefficient (Wildman–Crippen LogP) is 3.78. The summed E-state index contributed by atoms with van der Waals surface area (Å²) in [6.07, 6.45) is 5.78. The second kappa shape index (κ2) is 10.3. The van der Waals surface area contributed by atoms with Gasteiger partial charge in [0, 0.05) is 0 Å². The van der Waals surface area contributed by atoms with Crippen molar-refractivity contribution in [2.45, 2.75) is 34.6 Å². The average molecular weight is 170 g/mol. The predicted molar refractivity (Wildman–Crippen MR) is 56.1 cm³/mol. The van der Waals surface area contributed by atoms with E-state index in [0.717, 1.165) is 11.7 Å². The summed E-state index contributed by atoms with van der Waals surface area (Å²) in [5.74, 6) is 1.74. The summed E-state index contributed by atoms with van der Waals surface area (Å²) < 4.78 is 4.91. The van der Waals surface area contributed by atoms with Crippen LogP contribution in [0.4, 0.5) is 0 Å². The molecule has 0 atom stereocenters. The van der Waals surface area contributed by atoms with Gasteiger partial charge in [-0.15, -0.1) is 0 Å². The molecule has 0 aromatic heterocycles. The van der Waals surface area contributed by atoms with E-state index in [1.54, 1.807) is 7.11 Å². The number of rotatable bonds is 2. The summed E-state index contributed by atoms with van der Waals surface area (Å²) in [7, 11) is 1.66. The third-order valence-corrected chi connectivity index (χ3v) is 0.851. The molecule has 12 heavy (non-hydrogen) atoms. The summed E-state index contributed by atoms with van der Waals surface area (Å²) >= 11 is 0. The first-order valence-electron chi connectivity index (χ1n) is 4.41. The van der Waals surface area contributed by atoms with Crippen LogP contribution in [-0.4, -0.2) is 7.11 Å². The van der Waals surface area contributed by atoms with Crippen molar-refractivity contribution in [1.29, 1.82) is 0 Å². The number of methoxy groups -OCH3 is 1. The highest BCUT2D eigenvalue weighted by molar-refractivity contribution is 5.09. The van der Waals surface area contributed by atoms with Gasteiger partial charge in [-0.05, 0) is 31.9 Å². The van der Waals surface area contributed by atoms with Gasteiger partial charge in [-0.2, -0.15) is 0 Å². The van der Waals surface area contributed by atoms with E-state index in [1.807, 2.05) is 32.1 Å². The maximum atomic E-state index is 4.91. The highest BCUT2D eigenvalue weighted by Crippen LogP contribution is 1.94. The Morgan fingerprint density at radius 3 is 1.67 bits per heavy atom. The van der Waals surface area contributed by atoms with Gasteiger partial charge in [0.25, 0.3) is 0 Å². The third kappa shape index (κ3) is 16.1. The molecule has 0 unspecified atom stereocenters. The molecule has 0 aromatic rings. The smallest absolute Gasteiger partial charge is 0.114 e. The second-order valence-electron chi connectivity index (χ2n) is 3.13. The topological polar surface area (TPSA) is 9.23 Å². The number of hydrogen-bond acceptors (Lipinski definition) is 1. The fourth-order valence-electron chi connectivity index (χ4n) is 0.446. The van der Waals surface area contributed by atoms with Crippen LogP contribution < -0.4 is 0 Å². The third-order valence-electron chi connectivity index (χ3n) is 0.851. The van der Waals surface area contributed by atoms with Crippen molar-refractivity contribution in [1.82, 2.24) is 0 Å². The van der Waals surface area contributed by atoms with Gasteiger partial charge in [0.05, 0.1) is 7.11 Å². The molecule has 1 heteroatoms. The molecule has 0 aromatic carbocycles. The Hall–Kier alpha value is -0.720. The largest absolute Gasteiger partial charge is 0.497 e. The minimum absolute atomic E-state index is 0.833. The zero-order chi connectivity index (χ0) is 9.98. The van der Waals surface area contributed by atoms with Crippen molar-refractivity contribution in [3.8, 4) is 0 Å². The molecule has 0 N–H and O–H groups in total. The highest BCUT2D eigenvalue weighted by atomic mass is 16.5. The van der Waals surface area contributed by atoms with Crippen LogP contribution in [0.15, 0.2) is 24.0 Å². The summed E-state index contributed by atoms with van der Waals surface area (Å²) in [5.41, 5.74) is 0. The van der Waals surface area contributed by atoms with Crippen LogP contribution in [0.3, 0.4) is 0 Å². The van der Waals surface area contributed by atoms with E-state index < -0.39 is 0 Å². The van der Waals surface area contributed by atoms with Crippen LogP contribution in [0.5, 0.6) is 0 Å². The first kappa shape index (κ1) is 13.8. The van der Waals surface area contributed by atoms with Crippen LogP contribution >= 0.6 is 0 Å². The first-order chi connectivity index (χ1) is 5.58. The van der Waals surface area contributed by atoms with E-state index >= 15 is 0 Å². The molecular formula is C11H22O. The minimum atomic E-state index is 0.833. The van der Waals surface area contributed by atoms with E-state index in [9.17, 15) is 0 Å². The fourth-order valence-corrected chi connectivity index (χ4v) is 0.446. The van der Waals surface area contributed by atoms with E-state index in [1.165, 1.54) is 0 Å². The molecule has 0 aliphatic carbocycles. The molecule has 0 fully saturated rings. The van der Waals surface area contributed by atoms with E-state index in [-0.39, 0.29) is 0 Å². The molecule has 0 amide bonds. The summed E-state index contributed by atoms with van der Waals surface area (Å²) in [5, 5.41) is 0. The Bertz CT molecular complexity index is 126. The molecule has 0 aliphatic rings. The van der Waals surface area contributed by atoms with Crippen molar-refractivity contribution >= 4 is 0 Å². The normalized spacial score (nSPS) is 11.4. The second-order valence-corrected chi connectivity index (χ2v) is 3.13. The van der Waals surface area contributed by atoms with Crippen molar-refractivity contribution in [3.05, 3.63) is 24.0 Å². The van der Waals surface area contributed by atoms with Crippen molar-refractivity contribution in [3.63, 3.8) is 0 Å². The first-order valence-corrected chi connectivity index (χ1v) is 4.41. The molecular weight excluding hydrogens is 148 g/mol. The van der Waals surface area contributed by atoms with Gasteiger partial charge < -0.3 is 4.74 Å². The average Bonchev–Trinajstić information content (AvgIpc) is 1.99. The molecule has 0 heterocycles. The molecule has 0 rings (SSSR count). The van der Waals surface area contributed by atoms with Crippen molar-refractivity contribution in [2.24, 2.45) is 5.92 Å². The SMILES string of the molecule is C/C=C\C(=C/C)OC.CC(C)C. The molecule has 72 valence electrons. The van der Waals surface area contributed by atoms with Crippen LogP contribution in [0.2, 0.25) is 0 Å². The number of hydrogen-bond donors (Lipinski definition) is 0. The Morgan fingerprint density at radius 1 is 1.17 bits per heavy atom. The number of ether oxygens (including phenoxy) is 1. The Kier molecular flexibility index (Phi) is 11.9. The fraction of sp³-hybridized carbons (Fsp3) is 0.636. The van der Waals surface area contributed by atoms with E-state index in [4.69, 9.17) is 4.74 Å². The zero-order valence-electron chi connectivity index (χ0n) is 9.22. The van der Waals surface area contributed by atoms with Crippen LogP contribution in [0, 0.1) is 5.92 Å². The van der Waals surface area contributed by atoms with Gasteiger partial charge in [0.2, 0.25) is 0 Å². The monoisotopic (exact) mass is 170 g/mol. The molecule has 0 spiro atoms. The Labute approximate surface area is 77.1 Å². The molecule has 0 aliphatic heterocycles. The van der Waals surface area contributed by atoms with Gasteiger partial charge >= 0.3 is 0 Å². The molecule has 0 bridgehead atoms. The molecule has 1 nitrogen and oxygen atoms in total. The van der Waals surface area contributed by atoms with Crippen molar-refractivity contribution in [2.75, 3.05) is 7.11 Å². The lowest BCUT2D eigenvalue weighted by Gasteiger charge is -1.94. The van der Waals surface area contributed by atoms with Gasteiger partial charge in [-0.1, -0.05) is 26.8 Å². The lowest BCUT2D eigenvalue weighted by atomic mass is 10.3. The Morgan fingerprint density at radius 2 is 1.58 bits per heavy atom. The molecule has 0 saturated carbocycles. The quantitative estimate of drug-likeness (QED) is 0.453. The number of allylic oxidation sites excluding steroid dienone is 3. The van der Waals surface area contributed by atoms with Crippen LogP contribution in [-0.2, 0) is 4.74 Å². The van der Waals surface area contributed by atoms with E-state index in [2.05, 4.69) is 20.8 Å². The van der Waals surface area contributed by atoms with Crippen LogP contribution in [0.25, 0.3) is 0 Å². The van der Waals surface area contributed by atoms with Gasteiger partial charge in [-0.25, -0.2) is 0 Å². The van der Waals surface area contributed by atoms with Crippen molar-refractivity contribution < 1.29 is 4.74 Å². The standard InChI is InChI=1S/C7H12O.C4H10/c1-4-6-7(5-2)8-3;1-4(2)3/h4-6H,1-3H3;4H,1-3H3/b6-4-,7-5+;. The lowest BCUT2D eigenvalue weighted by Crippen LogP contribution is -1.77. The van der Waals surface area contributed by atoms with Gasteiger partial charge in [-0.3, -0.25) is 0 Å². The van der Waals surface area contributed by atoms with E-state index in [0.29, 0.717) is 0 Å². The summed E-state index contributed by atoms with van der Waals surface area (Å²) in [4.78, 5) is 0. The molecule has 0 saturated heterocycles. The summed E-state index contributed by atoms with van der Waals surface area (Å²) in [6.45, 7) is 10.4. The highest BCUT2D eigenvalue weighted by Gasteiger charge is 1.79. The minimum Gasteiger partial charge on any atom is -0.497 e. The van der Waals surface area contributed by atoms with Gasteiger partial charge in [0.15, 0.2) is 0 Å².